The SMILES string of the molecule is Cc1nccc(NC(=O)N2C[C@H]3CCC[C@H]3C2)c1Cl. The van der Waals surface area contributed by atoms with Crippen molar-refractivity contribution in [3.63, 3.8) is 0 Å². The van der Waals surface area contributed by atoms with Crippen molar-refractivity contribution in [2.45, 2.75) is 26.2 Å². The molecule has 4 nitrogen and oxygen atoms in total. The van der Waals surface area contributed by atoms with Crippen molar-refractivity contribution in [1.82, 2.24) is 9.88 Å². The lowest BCUT2D eigenvalue weighted by Crippen LogP contribution is -2.33. The monoisotopic (exact) mass is 279 g/mol. The molecule has 1 aromatic heterocycles. The van der Waals surface area contributed by atoms with E-state index in [4.69, 9.17) is 11.6 Å². The minimum atomic E-state index is -0.0399. The average Bonchev–Trinajstić information content (AvgIpc) is 2.95. The van der Waals surface area contributed by atoms with Crippen LogP contribution in [0.1, 0.15) is 25.0 Å². The lowest BCUT2D eigenvalue weighted by Gasteiger charge is -2.18. The molecule has 2 atom stereocenters. The number of halogens is 1. The number of fused-ring (bicyclic) bond motifs is 1. The Morgan fingerprint density at radius 3 is 2.79 bits per heavy atom. The van der Waals surface area contributed by atoms with Gasteiger partial charge in [0.15, 0.2) is 0 Å². The topological polar surface area (TPSA) is 45.2 Å². The maximum Gasteiger partial charge on any atom is 0.321 e. The van der Waals surface area contributed by atoms with Crippen LogP contribution in [0.2, 0.25) is 5.02 Å². The number of carbonyl (C=O) groups is 1. The summed E-state index contributed by atoms with van der Waals surface area (Å²) < 4.78 is 0. The number of nitrogens with one attached hydrogen (secondary N) is 1. The number of hydrogen-bond donors (Lipinski definition) is 1. The van der Waals surface area contributed by atoms with Crippen LogP contribution in [0.5, 0.6) is 0 Å². The minimum absolute atomic E-state index is 0.0399. The molecule has 102 valence electrons. The van der Waals surface area contributed by atoms with Crippen LogP contribution in [0, 0.1) is 18.8 Å². The fourth-order valence-electron chi connectivity index (χ4n) is 3.24. The number of rotatable bonds is 1. The van der Waals surface area contributed by atoms with E-state index in [1.807, 2.05) is 11.8 Å². The Hall–Kier alpha value is -1.29. The number of anilines is 1. The molecule has 3 rings (SSSR count). The summed E-state index contributed by atoms with van der Waals surface area (Å²) in [5, 5.41) is 3.42. The Morgan fingerprint density at radius 1 is 1.42 bits per heavy atom. The van der Waals surface area contributed by atoms with Crippen LogP contribution in [0.25, 0.3) is 0 Å². The molecule has 1 saturated heterocycles. The van der Waals surface area contributed by atoms with Crippen molar-refractivity contribution < 1.29 is 4.79 Å². The Morgan fingerprint density at radius 2 is 2.11 bits per heavy atom. The van der Waals surface area contributed by atoms with Gasteiger partial charge in [-0.1, -0.05) is 18.0 Å². The van der Waals surface area contributed by atoms with E-state index in [0.717, 1.165) is 18.8 Å². The fourth-order valence-corrected chi connectivity index (χ4v) is 3.40. The summed E-state index contributed by atoms with van der Waals surface area (Å²) in [6, 6.07) is 1.70. The number of likely N-dealkylation sites (tertiary alicyclic amines) is 1. The molecule has 0 bridgehead atoms. The Kier molecular flexibility index (Phi) is 3.35. The maximum atomic E-state index is 12.2. The lowest BCUT2D eigenvalue weighted by atomic mass is 10.0. The van der Waals surface area contributed by atoms with Gasteiger partial charge >= 0.3 is 6.03 Å². The molecular weight excluding hydrogens is 262 g/mol. The molecule has 0 radical (unpaired) electrons. The molecule has 1 saturated carbocycles. The van der Waals surface area contributed by atoms with Crippen molar-refractivity contribution in [3.05, 3.63) is 23.0 Å². The van der Waals surface area contributed by atoms with Crippen molar-refractivity contribution in [2.24, 2.45) is 11.8 Å². The molecule has 1 N–H and O–H groups in total. The van der Waals surface area contributed by atoms with Crippen molar-refractivity contribution in [1.29, 1.82) is 0 Å². The highest BCUT2D eigenvalue weighted by Gasteiger charge is 2.38. The molecule has 0 spiro atoms. The summed E-state index contributed by atoms with van der Waals surface area (Å²) in [4.78, 5) is 18.3. The zero-order valence-electron chi connectivity index (χ0n) is 11.0. The van der Waals surface area contributed by atoms with Crippen LogP contribution in [-0.2, 0) is 0 Å². The van der Waals surface area contributed by atoms with Gasteiger partial charge in [-0.05, 0) is 37.7 Å². The van der Waals surface area contributed by atoms with E-state index in [1.54, 1.807) is 12.3 Å². The largest absolute Gasteiger partial charge is 0.324 e. The molecule has 0 aromatic carbocycles. The van der Waals surface area contributed by atoms with Gasteiger partial charge in [-0.15, -0.1) is 0 Å². The first-order chi connectivity index (χ1) is 9.15. The van der Waals surface area contributed by atoms with E-state index >= 15 is 0 Å². The van der Waals surface area contributed by atoms with Gasteiger partial charge in [-0.2, -0.15) is 0 Å². The Labute approximate surface area is 118 Å². The maximum absolute atomic E-state index is 12.2. The normalized spacial score (nSPS) is 25.5. The molecule has 2 aliphatic rings. The third kappa shape index (κ3) is 2.41. The number of hydrogen-bond acceptors (Lipinski definition) is 2. The molecule has 2 heterocycles. The predicted molar refractivity (Wildman–Crippen MR) is 75.4 cm³/mol. The highest BCUT2D eigenvalue weighted by atomic mass is 35.5. The van der Waals surface area contributed by atoms with Crippen LogP contribution in [0.3, 0.4) is 0 Å². The van der Waals surface area contributed by atoms with E-state index in [2.05, 4.69) is 10.3 Å². The summed E-state index contributed by atoms with van der Waals surface area (Å²) in [7, 11) is 0. The quantitative estimate of drug-likeness (QED) is 0.857. The number of aromatic nitrogens is 1. The minimum Gasteiger partial charge on any atom is -0.324 e. The van der Waals surface area contributed by atoms with Gasteiger partial charge in [-0.25, -0.2) is 4.79 Å². The molecule has 5 heteroatoms. The second-order valence-electron chi connectivity index (χ2n) is 5.54. The van der Waals surface area contributed by atoms with Gasteiger partial charge in [-0.3, -0.25) is 4.98 Å². The molecule has 2 amide bonds. The van der Waals surface area contributed by atoms with E-state index < -0.39 is 0 Å². The van der Waals surface area contributed by atoms with Gasteiger partial charge < -0.3 is 10.2 Å². The standard InChI is InChI=1S/C14H18ClN3O/c1-9-13(15)12(5-6-16-9)17-14(19)18-7-10-3-2-4-11(10)8-18/h5-6,10-11H,2-4,7-8H2,1H3,(H,16,17,19)/t10-,11+. The van der Waals surface area contributed by atoms with Crippen LogP contribution >= 0.6 is 11.6 Å². The Bertz CT molecular complexity index is 493. The van der Waals surface area contributed by atoms with Gasteiger partial charge in [0, 0.05) is 19.3 Å². The number of nitrogens with zero attached hydrogens (tertiary/aromatic N) is 2. The lowest BCUT2D eigenvalue weighted by molar-refractivity contribution is 0.219. The number of amides is 2. The first kappa shape index (κ1) is 12.7. The third-order valence-electron chi connectivity index (χ3n) is 4.32. The van der Waals surface area contributed by atoms with Crippen LogP contribution in [-0.4, -0.2) is 29.0 Å². The molecule has 0 unspecified atom stereocenters. The second-order valence-corrected chi connectivity index (χ2v) is 5.92. The van der Waals surface area contributed by atoms with Crippen LogP contribution < -0.4 is 5.32 Å². The van der Waals surface area contributed by atoms with E-state index in [0.29, 0.717) is 22.5 Å². The highest BCUT2D eigenvalue weighted by molar-refractivity contribution is 6.34. The molecule has 19 heavy (non-hydrogen) atoms. The summed E-state index contributed by atoms with van der Waals surface area (Å²) in [5.41, 5.74) is 1.38. The van der Waals surface area contributed by atoms with Gasteiger partial charge in [0.25, 0.3) is 0 Å². The molecule has 1 aromatic rings. The summed E-state index contributed by atoms with van der Waals surface area (Å²) in [6.45, 7) is 3.61. The summed E-state index contributed by atoms with van der Waals surface area (Å²) >= 11 is 6.14. The van der Waals surface area contributed by atoms with Crippen molar-refractivity contribution in [2.75, 3.05) is 18.4 Å². The summed E-state index contributed by atoms with van der Waals surface area (Å²) in [6.07, 6.45) is 5.52. The number of aryl methyl sites for hydroxylation is 1. The van der Waals surface area contributed by atoms with Crippen LogP contribution in [0.15, 0.2) is 12.3 Å². The first-order valence-corrected chi connectivity index (χ1v) is 7.20. The zero-order chi connectivity index (χ0) is 13.4. The summed E-state index contributed by atoms with van der Waals surface area (Å²) in [5.74, 6) is 1.42. The van der Waals surface area contributed by atoms with Gasteiger partial charge in [0.1, 0.15) is 0 Å². The van der Waals surface area contributed by atoms with Crippen LogP contribution in [0.4, 0.5) is 10.5 Å². The van der Waals surface area contributed by atoms with Crippen molar-refractivity contribution >= 4 is 23.3 Å². The zero-order valence-corrected chi connectivity index (χ0v) is 11.8. The second kappa shape index (κ2) is 5.00. The molecule has 1 aliphatic carbocycles. The molecule has 2 fully saturated rings. The number of carbonyl (C=O) groups excluding carboxylic acids is 1. The average molecular weight is 280 g/mol. The smallest absolute Gasteiger partial charge is 0.321 e. The van der Waals surface area contributed by atoms with E-state index in [9.17, 15) is 4.79 Å². The number of urea groups is 1. The Balaban J connectivity index is 1.67. The highest BCUT2D eigenvalue weighted by Crippen LogP contribution is 2.38. The first-order valence-electron chi connectivity index (χ1n) is 6.82. The van der Waals surface area contributed by atoms with Crippen molar-refractivity contribution in [3.8, 4) is 0 Å². The van der Waals surface area contributed by atoms with E-state index in [1.165, 1.54) is 19.3 Å². The van der Waals surface area contributed by atoms with Gasteiger partial charge in [0.2, 0.25) is 0 Å². The fraction of sp³-hybridized carbons (Fsp3) is 0.571. The van der Waals surface area contributed by atoms with E-state index in [-0.39, 0.29) is 6.03 Å². The number of pyridine rings is 1. The molecular formula is C14H18ClN3O. The van der Waals surface area contributed by atoms with Gasteiger partial charge in [0.05, 0.1) is 16.4 Å². The third-order valence-corrected chi connectivity index (χ3v) is 4.80. The molecule has 1 aliphatic heterocycles. The predicted octanol–water partition coefficient (Wildman–Crippen LogP) is 3.31.